The second-order valence-corrected chi connectivity index (χ2v) is 5.09. The van der Waals surface area contributed by atoms with Crippen LogP contribution in [0.5, 0.6) is 0 Å². The van der Waals surface area contributed by atoms with E-state index in [1.807, 2.05) is 13.0 Å². The van der Waals surface area contributed by atoms with E-state index in [0.29, 0.717) is 23.5 Å². The summed E-state index contributed by atoms with van der Waals surface area (Å²) in [6.45, 7) is 2.52. The quantitative estimate of drug-likeness (QED) is 0.864. The minimum absolute atomic E-state index is 0.0649. The van der Waals surface area contributed by atoms with Crippen molar-refractivity contribution < 1.29 is 9.18 Å². The smallest absolute Gasteiger partial charge is 0.258 e. The zero-order valence-electron chi connectivity index (χ0n) is 11.6. The van der Waals surface area contributed by atoms with E-state index in [1.54, 1.807) is 23.1 Å². The molecule has 0 aliphatic carbocycles. The molecule has 110 valence electrons. The number of carbonyl (C=O) groups is 1. The first-order chi connectivity index (χ1) is 10.0. The van der Waals surface area contributed by atoms with Crippen LogP contribution in [0.1, 0.15) is 23.7 Å². The highest BCUT2D eigenvalue weighted by atomic mass is 35.5. The van der Waals surface area contributed by atoms with Crippen LogP contribution < -0.4 is 10.6 Å². The Bertz CT molecular complexity index is 660. The number of benzene rings is 2. The molecule has 0 radical (unpaired) electrons. The minimum atomic E-state index is -0.542. The minimum Gasteiger partial charge on any atom is -0.399 e. The number of anilines is 2. The van der Waals surface area contributed by atoms with Gasteiger partial charge in [-0.25, -0.2) is 4.39 Å². The van der Waals surface area contributed by atoms with Crippen molar-refractivity contribution in [2.24, 2.45) is 0 Å². The number of nitrogens with zero attached hydrogens (tertiary/aromatic N) is 1. The predicted octanol–water partition coefficient (Wildman–Crippen LogP) is 4.12. The van der Waals surface area contributed by atoms with Crippen LogP contribution >= 0.6 is 11.6 Å². The maximum atomic E-state index is 13.2. The molecular weight excluding hydrogens is 291 g/mol. The molecule has 2 N–H and O–H groups in total. The van der Waals surface area contributed by atoms with Crippen molar-refractivity contribution in [3.05, 3.63) is 58.9 Å². The van der Waals surface area contributed by atoms with E-state index in [1.165, 1.54) is 18.2 Å². The number of rotatable bonds is 4. The topological polar surface area (TPSA) is 46.3 Å². The molecule has 0 aliphatic heterocycles. The van der Waals surface area contributed by atoms with Crippen molar-refractivity contribution in [2.75, 3.05) is 17.2 Å². The van der Waals surface area contributed by atoms with Crippen LogP contribution in [0.25, 0.3) is 0 Å². The van der Waals surface area contributed by atoms with Crippen LogP contribution in [-0.4, -0.2) is 12.5 Å². The van der Waals surface area contributed by atoms with Crippen LogP contribution in [0.3, 0.4) is 0 Å². The van der Waals surface area contributed by atoms with Gasteiger partial charge >= 0.3 is 0 Å². The maximum absolute atomic E-state index is 13.2. The Kier molecular flexibility index (Phi) is 4.81. The normalized spacial score (nSPS) is 10.4. The summed E-state index contributed by atoms with van der Waals surface area (Å²) in [5, 5.41) is -0.0649. The van der Waals surface area contributed by atoms with Crippen molar-refractivity contribution in [3.8, 4) is 0 Å². The second kappa shape index (κ2) is 6.59. The highest BCUT2D eigenvalue weighted by Gasteiger charge is 2.18. The van der Waals surface area contributed by atoms with Gasteiger partial charge in [-0.3, -0.25) is 4.79 Å². The van der Waals surface area contributed by atoms with Gasteiger partial charge in [0.2, 0.25) is 0 Å². The molecule has 0 heterocycles. The molecule has 0 unspecified atom stereocenters. The first-order valence-electron chi connectivity index (χ1n) is 6.65. The molecule has 0 spiro atoms. The monoisotopic (exact) mass is 306 g/mol. The number of nitrogen functional groups attached to an aromatic ring is 1. The van der Waals surface area contributed by atoms with E-state index >= 15 is 0 Å². The van der Waals surface area contributed by atoms with Crippen LogP contribution in [0, 0.1) is 5.82 Å². The standard InChI is InChI=1S/C16H16ClFN2O/c1-2-8-20(13-5-3-4-12(19)10-13)16(21)11-6-7-15(18)14(17)9-11/h3-7,9-10H,2,8,19H2,1H3. The highest BCUT2D eigenvalue weighted by Crippen LogP contribution is 2.22. The zero-order chi connectivity index (χ0) is 15.4. The van der Waals surface area contributed by atoms with Gasteiger partial charge in [0.15, 0.2) is 0 Å². The lowest BCUT2D eigenvalue weighted by Gasteiger charge is -2.23. The van der Waals surface area contributed by atoms with Gasteiger partial charge in [-0.1, -0.05) is 24.6 Å². The van der Waals surface area contributed by atoms with Gasteiger partial charge in [0, 0.05) is 23.5 Å². The molecule has 21 heavy (non-hydrogen) atoms. The first-order valence-corrected chi connectivity index (χ1v) is 7.03. The van der Waals surface area contributed by atoms with E-state index in [-0.39, 0.29) is 10.9 Å². The number of carbonyl (C=O) groups excluding carboxylic acids is 1. The van der Waals surface area contributed by atoms with Crippen molar-refractivity contribution in [2.45, 2.75) is 13.3 Å². The van der Waals surface area contributed by atoms with E-state index in [2.05, 4.69) is 0 Å². The largest absolute Gasteiger partial charge is 0.399 e. The third kappa shape index (κ3) is 3.52. The van der Waals surface area contributed by atoms with E-state index in [9.17, 15) is 9.18 Å². The van der Waals surface area contributed by atoms with Gasteiger partial charge in [0.25, 0.3) is 5.91 Å². The first kappa shape index (κ1) is 15.3. The fourth-order valence-corrected chi connectivity index (χ4v) is 2.23. The van der Waals surface area contributed by atoms with Crippen molar-refractivity contribution in [1.29, 1.82) is 0 Å². The van der Waals surface area contributed by atoms with Crippen LogP contribution in [0.15, 0.2) is 42.5 Å². The Morgan fingerprint density at radius 1 is 1.29 bits per heavy atom. The fraction of sp³-hybridized carbons (Fsp3) is 0.188. The Morgan fingerprint density at radius 2 is 2.05 bits per heavy atom. The van der Waals surface area contributed by atoms with Gasteiger partial charge in [0.1, 0.15) is 5.82 Å². The van der Waals surface area contributed by atoms with Gasteiger partial charge in [-0.15, -0.1) is 0 Å². The lowest BCUT2D eigenvalue weighted by molar-refractivity contribution is 0.0987. The summed E-state index contributed by atoms with van der Waals surface area (Å²) in [6, 6.07) is 11.1. The van der Waals surface area contributed by atoms with E-state index < -0.39 is 5.82 Å². The fourth-order valence-electron chi connectivity index (χ4n) is 2.05. The summed E-state index contributed by atoms with van der Waals surface area (Å²) in [4.78, 5) is 14.2. The Labute approximate surface area is 128 Å². The lowest BCUT2D eigenvalue weighted by Crippen LogP contribution is -2.31. The number of nitrogens with two attached hydrogens (primary N) is 1. The average Bonchev–Trinajstić information content (AvgIpc) is 2.47. The summed E-state index contributed by atoms with van der Waals surface area (Å²) in [5.41, 5.74) is 7.40. The third-order valence-electron chi connectivity index (χ3n) is 3.04. The summed E-state index contributed by atoms with van der Waals surface area (Å²) >= 11 is 5.75. The van der Waals surface area contributed by atoms with Gasteiger partial charge in [-0.05, 0) is 42.8 Å². The highest BCUT2D eigenvalue weighted by molar-refractivity contribution is 6.31. The Hall–Kier alpha value is -2.07. The molecular formula is C16H16ClFN2O. The summed E-state index contributed by atoms with van der Waals surface area (Å²) in [6.07, 6.45) is 0.787. The third-order valence-corrected chi connectivity index (χ3v) is 3.33. The number of hydrogen-bond acceptors (Lipinski definition) is 2. The molecule has 0 atom stereocenters. The predicted molar refractivity (Wildman–Crippen MR) is 84.2 cm³/mol. The van der Waals surface area contributed by atoms with Gasteiger partial charge in [-0.2, -0.15) is 0 Å². The maximum Gasteiger partial charge on any atom is 0.258 e. The van der Waals surface area contributed by atoms with Gasteiger partial charge < -0.3 is 10.6 Å². The molecule has 0 saturated carbocycles. The number of hydrogen-bond donors (Lipinski definition) is 1. The average molecular weight is 307 g/mol. The summed E-state index contributed by atoms with van der Waals surface area (Å²) in [7, 11) is 0. The number of halogens is 2. The molecule has 3 nitrogen and oxygen atoms in total. The lowest BCUT2D eigenvalue weighted by atomic mass is 10.1. The Morgan fingerprint density at radius 3 is 2.67 bits per heavy atom. The van der Waals surface area contributed by atoms with Crippen molar-refractivity contribution in [3.63, 3.8) is 0 Å². The van der Waals surface area contributed by atoms with Crippen LogP contribution in [-0.2, 0) is 0 Å². The molecule has 2 aromatic carbocycles. The van der Waals surface area contributed by atoms with E-state index in [4.69, 9.17) is 17.3 Å². The number of amides is 1. The molecule has 2 aromatic rings. The second-order valence-electron chi connectivity index (χ2n) is 4.68. The summed E-state index contributed by atoms with van der Waals surface area (Å²) < 4.78 is 13.2. The zero-order valence-corrected chi connectivity index (χ0v) is 12.4. The molecule has 0 fully saturated rings. The van der Waals surface area contributed by atoms with Crippen molar-refractivity contribution >= 4 is 28.9 Å². The van der Waals surface area contributed by atoms with Crippen LogP contribution in [0.4, 0.5) is 15.8 Å². The SMILES string of the molecule is CCCN(C(=O)c1ccc(F)c(Cl)c1)c1cccc(N)c1. The molecule has 0 saturated heterocycles. The molecule has 0 bridgehead atoms. The molecule has 0 aliphatic rings. The molecule has 1 amide bonds. The van der Waals surface area contributed by atoms with Gasteiger partial charge in [0.05, 0.1) is 5.02 Å². The summed E-state index contributed by atoms with van der Waals surface area (Å²) in [5.74, 6) is -0.774. The van der Waals surface area contributed by atoms with E-state index in [0.717, 1.165) is 6.42 Å². The van der Waals surface area contributed by atoms with Crippen molar-refractivity contribution in [1.82, 2.24) is 0 Å². The molecule has 5 heteroatoms. The van der Waals surface area contributed by atoms with Crippen LogP contribution in [0.2, 0.25) is 5.02 Å². The molecule has 2 rings (SSSR count). The Balaban J connectivity index is 2.37. The molecule has 0 aromatic heterocycles.